The summed E-state index contributed by atoms with van der Waals surface area (Å²) < 4.78 is 12.8. The van der Waals surface area contributed by atoms with Crippen molar-refractivity contribution in [1.82, 2.24) is 0 Å². The molecule has 1 spiro atoms. The molecule has 0 bridgehead atoms. The Labute approximate surface area is 204 Å². The monoisotopic (exact) mass is 462 g/mol. The molecule has 1 atom stereocenters. The van der Waals surface area contributed by atoms with Gasteiger partial charge in [-0.3, -0.25) is 0 Å². The summed E-state index contributed by atoms with van der Waals surface area (Å²) in [6, 6.07) is 29.8. The second-order valence-electron chi connectivity index (χ2n) is 8.77. The Kier molecular flexibility index (Phi) is 4.99. The number of benzene rings is 4. The lowest BCUT2D eigenvalue weighted by molar-refractivity contribution is 0.0224. The molecule has 0 saturated carbocycles. The zero-order chi connectivity index (χ0) is 24.0. The Morgan fingerprint density at radius 1 is 0.743 bits per heavy atom. The molecule has 2 aliphatic heterocycles. The molecule has 4 aromatic carbocycles. The number of nitrogens with one attached hydrogen (secondary N) is 1. The molecule has 0 fully saturated rings. The molecule has 2 aliphatic rings. The molecule has 5 heteroatoms. The summed E-state index contributed by atoms with van der Waals surface area (Å²) in [7, 11) is 0. The fraction of sp³-hybridized carbons (Fsp3) is 0.167. The molecular formula is C30H26N2O3. The molecule has 0 amide bonds. The van der Waals surface area contributed by atoms with E-state index in [9.17, 15) is 4.79 Å². The predicted octanol–water partition coefficient (Wildman–Crippen LogP) is 6.84. The summed E-state index contributed by atoms with van der Waals surface area (Å²) in [6.07, 6.45) is 0. The van der Waals surface area contributed by atoms with E-state index in [0.29, 0.717) is 17.1 Å². The van der Waals surface area contributed by atoms with Crippen LogP contribution in [-0.4, -0.2) is 19.1 Å². The summed E-state index contributed by atoms with van der Waals surface area (Å²) >= 11 is 0. The zero-order valence-electron chi connectivity index (χ0n) is 19.7. The van der Waals surface area contributed by atoms with Crippen molar-refractivity contribution in [2.45, 2.75) is 19.4 Å². The third kappa shape index (κ3) is 3.27. The highest BCUT2D eigenvalue weighted by Gasteiger charge is 2.53. The number of fused-ring (bicyclic) bond motifs is 6. The quantitative estimate of drug-likeness (QED) is 0.329. The number of ether oxygens (including phenoxy) is 2. The predicted molar refractivity (Wildman–Crippen MR) is 138 cm³/mol. The van der Waals surface area contributed by atoms with E-state index in [4.69, 9.17) is 9.47 Å². The minimum Gasteiger partial charge on any atom is -0.456 e. The van der Waals surface area contributed by atoms with Gasteiger partial charge in [-0.25, -0.2) is 4.79 Å². The first kappa shape index (κ1) is 21.3. The molecule has 4 aromatic rings. The molecular weight excluding hydrogens is 436 g/mol. The van der Waals surface area contributed by atoms with Crippen LogP contribution in [0.2, 0.25) is 0 Å². The molecule has 0 unspecified atom stereocenters. The summed E-state index contributed by atoms with van der Waals surface area (Å²) in [6.45, 7) is 6.06. The summed E-state index contributed by atoms with van der Waals surface area (Å²) in [5.41, 5.74) is 4.92. The van der Waals surface area contributed by atoms with Crippen LogP contribution in [0, 0.1) is 0 Å². The van der Waals surface area contributed by atoms with E-state index in [2.05, 4.69) is 36.2 Å². The molecule has 1 N–H and O–H groups in total. The molecule has 6 rings (SSSR count). The summed E-state index contributed by atoms with van der Waals surface area (Å²) in [5, 5.41) is 3.46. The van der Waals surface area contributed by atoms with Gasteiger partial charge in [-0.2, -0.15) is 0 Å². The lowest BCUT2D eigenvalue weighted by Crippen LogP contribution is -2.33. The van der Waals surface area contributed by atoms with Crippen LogP contribution in [0.25, 0.3) is 0 Å². The third-order valence-corrected chi connectivity index (χ3v) is 6.89. The van der Waals surface area contributed by atoms with Crippen LogP contribution in [0.4, 0.5) is 17.1 Å². The maximum Gasteiger partial charge on any atom is 0.340 e. The molecule has 0 aliphatic carbocycles. The molecule has 5 nitrogen and oxygen atoms in total. The van der Waals surface area contributed by atoms with Crippen molar-refractivity contribution < 1.29 is 14.3 Å². The first-order valence-corrected chi connectivity index (χ1v) is 12.0. The van der Waals surface area contributed by atoms with E-state index in [1.165, 1.54) is 0 Å². The average Bonchev–Trinajstić information content (AvgIpc) is 3.19. The van der Waals surface area contributed by atoms with Crippen LogP contribution in [0.1, 0.15) is 40.9 Å². The highest BCUT2D eigenvalue weighted by atomic mass is 16.6. The van der Waals surface area contributed by atoms with Crippen LogP contribution >= 0.6 is 0 Å². The lowest BCUT2D eigenvalue weighted by atomic mass is 9.77. The van der Waals surface area contributed by atoms with Crippen LogP contribution in [0.15, 0.2) is 91.0 Å². The van der Waals surface area contributed by atoms with E-state index in [1.807, 2.05) is 78.9 Å². The number of rotatable bonds is 5. The fourth-order valence-electron chi connectivity index (χ4n) is 5.21. The van der Waals surface area contributed by atoms with E-state index in [1.54, 1.807) is 0 Å². The third-order valence-electron chi connectivity index (χ3n) is 6.89. The number of hydrogen-bond donors (Lipinski definition) is 1. The smallest absolute Gasteiger partial charge is 0.340 e. The molecule has 0 aromatic heterocycles. The number of nitrogens with zero attached hydrogens (tertiary/aromatic N) is 1. The van der Waals surface area contributed by atoms with E-state index < -0.39 is 5.60 Å². The van der Waals surface area contributed by atoms with Gasteiger partial charge in [0.25, 0.3) is 0 Å². The second kappa shape index (κ2) is 8.20. The van der Waals surface area contributed by atoms with Crippen molar-refractivity contribution in [2.24, 2.45) is 0 Å². The molecule has 35 heavy (non-hydrogen) atoms. The van der Waals surface area contributed by atoms with E-state index in [-0.39, 0.29) is 5.97 Å². The Morgan fingerprint density at radius 3 is 2.31 bits per heavy atom. The van der Waals surface area contributed by atoms with Crippen molar-refractivity contribution in [3.63, 3.8) is 0 Å². The first-order valence-electron chi connectivity index (χ1n) is 12.0. The fourth-order valence-corrected chi connectivity index (χ4v) is 5.21. The van der Waals surface area contributed by atoms with Crippen molar-refractivity contribution in [3.8, 4) is 11.5 Å². The van der Waals surface area contributed by atoms with Gasteiger partial charge in [0.15, 0.2) is 5.60 Å². The van der Waals surface area contributed by atoms with Crippen LogP contribution in [-0.2, 0) is 10.3 Å². The minimum atomic E-state index is -1.08. The second-order valence-corrected chi connectivity index (χ2v) is 8.77. The van der Waals surface area contributed by atoms with Gasteiger partial charge < -0.3 is 19.7 Å². The number of carbonyl (C=O) groups excluding carboxylic acids is 1. The van der Waals surface area contributed by atoms with Gasteiger partial charge in [0, 0.05) is 52.9 Å². The largest absolute Gasteiger partial charge is 0.456 e. The van der Waals surface area contributed by atoms with Crippen molar-refractivity contribution >= 4 is 23.0 Å². The first-order chi connectivity index (χ1) is 17.1. The maximum atomic E-state index is 13.1. The molecule has 0 radical (unpaired) electrons. The Hall–Kier alpha value is -4.25. The minimum absolute atomic E-state index is 0.325. The normalized spacial score (nSPS) is 17.1. The van der Waals surface area contributed by atoms with Crippen molar-refractivity contribution in [1.29, 1.82) is 0 Å². The van der Waals surface area contributed by atoms with Gasteiger partial charge >= 0.3 is 5.97 Å². The summed E-state index contributed by atoms with van der Waals surface area (Å²) in [4.78, 5) is 15.4. The van der Waals surface area contributed by atoms with Gasteiger partial charge in [-0.1, -0.05) is 36.4 Å². The van der Waals surface area contributed by atoms with Crippen LogP contribution in [0.3, 0.4) is 0 Å². The van der Waals surface area contributed by atoms with Gasteiger partial charge in [-0.05, 0) is 62.4 Å². The van der Waals surface area contributed by atoms with Gasteiger partial charge in [0.2, 0.25) is 0 Å². The summed E-state index contributed by atoms with van der Waals surface area (Å²) in [5.74, 6) is 1.06. The van der Waals surface area contributed by atoms with Gasteiger partial charge in [0.05, 0.1) is 5.56 Å². The SMILES string of the molecule is CCN(CC)c1ccc2c(c1)Oc1ccc(Nc3ccccc3)cc1[C@@]21OC(=O)c2ccccc21. The molecule has 0 saturated heterocycles. The zero-order valence-corrected chi connectivity index (χ0v) is 19.7. The number of hydrogen-bond acceptors (Lipinski definition) is 5. The van der Waals surface area contributed by atoms with Gasteiger partial charge in [-0.15, -0.1) is 0 Å². The molecule has 174 valence electrons. The average molecular weight is 463 g/mol. The van der Waals surface area contributed by atoms with E-state index >= 15 is 0 Å². The highest BCUT2D eigenvalue weighted by Crippen LogP contribution is 2.57. The Morgan fingerprint density at radius 2 is 1.51 bits per heavy atom. The lowest BCUT2D eigenvalue weighted by Gasteiger charge is -2.37. The molecule has 2 heterocycles. The Bertz CT molecular complexity index is 1430. The standard InChI is InChI=1S/C30H26N2O3/c1-3-32(4-2)22-15-16-25-28(19-22)34-27-17-14-21(31-20-10-6-5-7-11-20)18-26(27)30(25)24-13-9-8-12-23(24)29(33)35-30/h5-19,31H,3-4H2,1-2H3/t30-/m0/s1. The number of anilines is 3. The van der Waals surface area contributed by atoms with E-state index in [0.717, 1.165) is 46.8 Å². The number of carbonyl (C=O) groups is 1. The van der Waals surface area contributed by atoms with Crippen molar-refractivity contribution in [3.05, 3.63) is 113 Å². The van der Waals surface area contributed by atoms with Gasteiger partial charge in [0.1, 0.15) is 11.5 Å². The Balaban J connectivity index is 1.56. The highest BCUT2D eigenvalue weighted by molar-refractivity contribution is 5.97. The number of esters is 1. The van der Waals surface area contributed by atoms with Crippen LogP contribution < -0.4 is 15.0 Å². The maximum absolute atomic E-state index is 13.1. The topological polar surface area (TPSA) is 50.8 Å². The van der Waals surface area contributed by atoms with Crippen LogP contribution in [0.5, 0.6) is 11.5 Å². The number of para-hydroxylation sites is 1. The van der Waals surface area contributed by atoms with Crippen molar-refractivity contribution in [2.75, 3.05) is 23.3 Å².